The number of imidazole rings is 1. The molecule has 0 saturated carbocycles. The number of hydrogen-bond donors (Lipinski definition) is 1. The van der Waals surface area contributed by atoms with E-state index in [0.717, 1.165) is 23.6 Å². The second kappa shape index (κ2) is 3.77. The summed E-state index contributed by atoms with van der Waals surface area (Å²) >= 11 is 0. The largest absolute Gasteiger partial charge is 0.398 e. The molecule has 3 nitrogen and oxygen atoms in total. The van der Waals surface area contributed by atoms with E-state index in [9.17, 15) is 0 Å². The standard InChI is InChI=1S/C12H15N3/c1-3-15-7-6-14-12(15)10-5-4-9(2)8-11(10)13/h4-8H,3,13H2,1-2H3. The molecule has 2 rings (SSSR count). The van der Waals surface area contributed by atoms with Crippen LogP contribution in [0.5, 0.6) is 0 Å². The van der Waals surface area contributed by atoms with Crippen molar-refractivity contribution in [3.05, 3.63) is 36.2 Å². The molecule has 0 amide bonds. The lowest BCUT2D eigenvalue weighted by Gasteiger charge is -2.08. The number of nitrogens with zero attached hydrogens (tertiary/aromatic N) is 2. The zero-order valence-electron chi connectivity index (χ0n) is 9.07. The highest BCUT2D eigenvalue weighted by atomic mass is 15.1. The summed E-state index contributed by atoms with van der Waals surface area (Å²) in [6, 6.07) is 6.06. The van der Waals surface area contributed by atoms with Gasteiger partial charge in [0.25, 0.3) is 0 Å². The summed E-state index contributed by atoms with van der Waals surface area (Å²) in [4.78, 5) is 4.33. The van der Waals surface area contributed by atoms with Crippen molar-refractivity contribution in [3.63, 3.8) is 0 Å². The molecule has 0 saturated heterocycles. The Morgan fingerprint density at radius 2 is 2.20 bits per heavy atom. The Kier molecular flexibility index (Phi) is 2.46. The summed E-state index contributed by atoms with van der Waals surface area (Å²) in [7, 11) is 0. The lowest BCUT2D eigenvalue weighted by atomic mass is 10.1. The van der Waals surface area contributed by atoms with Gasteiger partial charge in [0.05, 0.1) is 0 Å². The van der Waals surface area contributed by atoms with Crippen molar-refractivity contribution in [2.75, 3.05) is 5.73 Å². The van der Waals surface area contributed by atoms with Gasteiger partial charge in [-0.1, -0.05) is 6.07 Å². The van der Waals surface area contributed by atoms with Gasteiger partial charge in [0.1, 0.15) is 5.82 Å². The molecule has 15 heavy (non-hydrogen) atoms. The molecular formula is C12H15N3. The maximum Gasteiger partial charge on any atom is 0.141 e. The average Bonchev–Trinajstić information content (AvgIpc) is 2.65. The molecule has 1 aromatic heterocycles. The van der Waals surface area contributed by atoms with Gasteiger partial charge in [-0.2, -0.15) is 0 Å². The van der Waals surface area contributed by atoms with Gasteiger partial charge < -0.3 is 10.3 Å². The summed E-state index contributed by atoms with van der Waals surface area (Å²) in [5.74, 6) is 0.940. The predicted octanol–water partition coefficient (Wildman–Crippen LogP) is 2.46. The van der Waals surface area contributed by atoms with Gasteiger partial charge in [-0.25, -0.2) is 4.98 Å². The quantitative estimate of drug-likeness (QED) is 0.758. The van der Waals surface area contributed by atoms with Gasteiger partial charge >= 0.3 is 0 Å². The first kappa shape index (κ1) is 9.77. The van der Waals surface area contributed by atoms with Crippen LogP contribution >= 0.6 is 0 Å². The van der Waals surface area contributed by atoms with Crippen molar-refractivity contribution in [2.24, 2.45) is 0 Å². The number of aromatic nitrogens is 2. The van der Waals surface area contributed by atoms with Gasteiger partial charge in [0.2, 0.25) is 0 Å². The van der Waals surface area contributed by atoms with E-state index >= 15 is 0 Å². The highest BCUT2D eigenvalue weighted by molar-refractivity contribution is 5.72. The molecule has 0 atom stereocenters. The van der Waals surface area contributed by atoms with E-state index in [2.05, 4.69) is 22.5 Å². The van der Waals surface area contributed by atoms with E-state index in [1.165, 1.54) is 5.56 Å². The van der Waals surface area contributed by atoms with Crippen LogP contribution in [-0.4, -0.2) is 9.55 Å². The SMILES string of the molecule is CCn1ccnc1-c1ccc(C)cc1N. The van der Waals surface area contributed by atoms with Crippen LogP contribution in [0.3, 0.4) is 0 Å². The Bertz CT molecular complexity index is 471. The molecule has 78 valence electrons. The van der Waals surface area contributed by atoms with Crippen molar-refractivity contribution in [2.45, 2.75) is 20.4 Å². The topological polar surface area (TPSA) is 43.8 Å². The Labute approximate surface area is 89.6 Å². The molecule has 0 spiro atoms. The Morgan fingerprint density at radius 1 is 1.40 bits per heavy atom. The fraction of sp³-hybridized carbons (Fsp3) is 0.250. The molecule has 3 heteroatoms. The minimum Gasteiger partial charge on any atom is -0.398 e. The van der Waals surface area contributed by atoms with Crippen LogP contribution in [0.1, 0.15) is 12.5 Å². The molecule has 0 aliphatic heterocycles. The number of anilines is 1. The van der Waals surface area contributed by atoms with Crippen LogP contribution in [0.15, 0.2) is 30.6 Å². The van der Waals surface area contributed by atoms with Gasteiger partial charge in [-0.3, -0.25) is 0 Å². The van der Waals surface area contributed by atoms with E-state index in [1.807, 2.05) is 25.3 Å². The molecule has 0 unspecified atom stereocenters. The van der Waals surface area contributed by atoms with Crippen molar-refractivity contribution in [1.82, 2.24) is 9.55 Å². The van der Waals surface area contributed by atoms with Crippen molar-refractivity contribution in [1.29, 1.82) is 0 Å². The number of benzene rings is 1. The second-order valence-electron chi connectivity index (χ2n) is 3.63. The van der Waals surface area contributed by atoms with Crippen LogP contribution in [0.25, 0.3) is 11.4 Å². The summed E-state index contributed by atoms with van der Waals surface area (Å²) < 4.78 is 2.08. The molecule has 1 heterocycles. The lowest BCUT2D eigenvalue weighted by molar-refractivity contribution is 0.771. The number of rotatable bonds is 2. The number of aryl methyl sites for hydroxylation is 2. The highest BCUT2D eigenvalue weighted by Gasteiger charge is 2.07. The fourth-order valence-electron chi connectivity index (χ4n) is 1.69. The molecule has 0 fully saturated rings. The van der Waals surface area contributed by atoms with Crippen molar-refractivity contribution < 1.29 is 0 Å². The van der Waals surface area contributed by atoms with Crippen molar-refractivity contribution in [3.8, 4) is 11.4 Å². The minimum absolute atomic E-state index is 0.788. The van der Waals surface area contributed by atoms with Gasteiger partial charge in [-0.05, 0) is 31.5 Å². The summed E-state index contributed by atoms with van der Waals surface area (Å²) in [6.07, 6.45) is 3.77. The van der Waals surface area contributed by atoms with E-state index in [0.29, 0.717) is 0 Å². The van der Waals surface area contributed by atoms with E-state index in [4.69, 9.17) is 5.73 Å². The molecule has 1 aromatic carbocycles. The molecule has 0 bridgehead atoms. The first-order chi connectivity index (χ1) is 7.22. The number of hydrogen-bond acceptors (Lipinski definition) is 2. The molecular weight excluding hydrogens is 186 g/mol. The van der Waals surface area contributed by atoms with E-state index in [1.54, 1.807) is 6.20 Å². The Hall–Kier alpha value is -1.77. The third-order valence-electron chi connectivity index (χ3n) is 2.50. The van der Waals surface area contributed by atoms with E-state index < -0.39 is 0 Å². The molecule has 2 N–H and O–H groups in total. The number of nitrogens with two attached hydrogens (primary N) is 1. The monoisotopic (exact) mass is 201 g/mol. The third kappa shape index (κ3) is 1.73. The maximum atomic E-state index is 5.98. The Morgan fingerprint density at radius 3 is 2.87 bits per heavy atom. The average molecular weight is 201 g/mol. The summed E-state index contributed by atoms with van der Waals surface area (Å²) in [6.45, 7) is 5.03. The van der Waals surface area contributed by atoms with Crippen LogP contribution in [-0.2, 0) is 6.54 Å². The van der Waals surface area contributed by atoms with Gasteiger partial charge in [0.15, 0.2) is 0 Å². The Balaban J connectivity index is 2.54. The maximum absolute atomic E-state index is 5.98. The second-order valence-corrected chi connectivity index (χ2v) is 3.63. The minimum atomic E-state index is 0.788. The zero-order chi connectivity index (χ0) is 10.8. The smallest absolute Gasteiger partial charge is 0.141 e. The van der Waals surface area contributed by atoms with Crippen LogP contribution in [0.2, 0.25) is 0 Å². The molecule has 0 aliphatic rings. The normalized spacial score (nSPS) is 10.5. The van der Waals surface area contributed by atoms with Crippen LogP contribution in [0.4, 0.5) is 5.69 Å². The zero-order valence-corrected chi connectivity index (χ0v) is 9.07. The van der Waals surface area contributed by atoms with E-state index in [-0.39, 0.29) is 0 Å². The lowest BCUT2D eigenvalue weighted by Crippen LogP contribution is -1.99. The molecule has 0 aliphatic carbocycles. The van der Waals surface area contributed by atoms with Gasteiger partial charge in [-0.15, -0.1) is 0 Å². The van der Waals surface area contributed by atoms with Crippen LogP contribution in [0, 0.1) is 6.92 Å². The fourth-order valence-corrected chi connectivity index (χ4v) is 1.69. The first-order valence-corrected chi connectivity index (χ1v) is 5.10. The van der Waals surface area contributed by atoms with Gasteiger partial charge in [0, 0.05) is 30.2 Å². The highest BCUT2D eigenvalue weighted by Crippen LogP contribution is 2.25. The first-order valence-electron chi connectivity index (χ1n) is 5.10. The molecule has 0 radical (unpaired) electrons. The summed E-state index contributed by atoms with van der Waals surface area (Å²) in [5, 5.41) is 0. The predicted molar refractivity (Wildman–Crippen MR) is 62.5 cm³/mol. The molecule has 2 aromatic rings. The number of nitrogen functional groups attached to an aromatic ring is 1. The summed E-state index contributed by atoms with van der Waals surface area (Å²) in [5.41, 5.74) is 8.95. The van der Waals surface area contributed by atoms with Crippen molar-refractivity contribution >= 4 is 5.69 Å². The third-order valence-corrected chi connectivity index (χ3v) is 2.50. The van der Waals surface area contributed by atoms with Crippen LogP contribution < -0.4 is 5.73 Å².